The molecule has 2 heterocycles. The molecule has 0 radical (unpaired) electrons. The zero-order chi connectivity index (χ0) is 20.1. The van der Waals surface area contributed by atoms with Crippen molar-refractivity contribution in [3.8, 4) is 0 Å². The Bertz CT molecular complexity index is 832. The number of esters is 1. The maximum absolute atomic E-state index is 12.4. The van der Waals surface area contributed by atoms with E-state index in [4.69, 9.17) is 32.7 Å². The topological polar surface area (TPSA) is 77.5 Å². The number of carbonyl (C=O) groups excluding carboxylic acids is 2. The first kappa shape index (κ1) is 20.6. The van der Waals surface area contributed by atoms with Crippen LogP contribution in [0.1, 0.15) is 41.6 Å². The molecule has 1 saturated heterocycles. The lowest BCUT2D eigenvalue weighted by Crippen LogP contribution is -2.28. The summed E-state index contributed by atoms with van der Waals surface area (Å²) in [5, 5.41) is 3.08. The first-order valence-electron chi connectivity index (χ1n) is 8.94. The number of aromatic nitrogens is 1. The molecular weight excluding hydrogens is 403 g/mol. The van der Waals surface area contributed by atoms with Gasteiger partial charge in [0.05, 0.1) is 34.7 Å². The van der Waals surface area contributed by atoms with Crippen LogP contribution in [-0.2, 0) is 14.3 Å². The van der Waals surface area contributed by atoms with Gasteiger partial charge in [0.2, 0.25) is 0 Å². The van der Waals surface area contributed by atoms with E-state index >= 15 is 0 Å². The molecule has 28 heavy (non-hydrogen) atoms. The summed E-state index contributed by atoms with van der Waals surface area (Å²) in [5.41, 5.74) is 1.52. The second-order valence-corrected chi connectivity index (χ2v) is 7.34. The van der Waals surface area contributed by atoms with Gasteiger partial charge in [-0.15, -0.1) is 0 Å². The first-order chi connectivity index (χ1) is 13.5. The predicted molar refractivity (Wildman–Crippen MR) is 107 cm³/mol. The second-order valence-electron chi connectivity index (χ2n) is 6.52. The van der Waals surface area contributed by atoms with Crippen LogP contribution in [0.3, 0.4) is 0 Å². The molecule has 1 fully saturated rings. The van der Waals surface area contributed by atoms with Gasteiger partial charge < -0.3 is 14.8 Å². The number of amides is 1. The fourth-order valence-corrected chi connectivity index (χ4v) is 3.41. The highest BCUT2D eigenvalue weighted by Crippen LogP contribution is 2.25. The van der Waals surface area contributed by atoms with E-state index in [0.717, 1.165) is 18.4 Å². The molecule has 1 amide bonds. The Balaban J connectivity index is 1.62. The van der Waals surface area contributed by atoms with Crippen molar-refractivity contribution in [2.75, 3.05) is 18.5 Å². The first-order valence-corrected chi connectivity index (χ1v) is 9.70. The number of ether oxygens (including phenoxy) is 2. The molecule has 2 aromatic rings. The molecule has 1 unspecified atom stereocenters. The molecule has 0 saturated carbocycles. The van der Waals surface area contributed by atoms with Gasteiger partial charge in [-0.1, -0.05) is 35.3 Å². The Morgan fingerprint density at radius 1 is 1.14 bits per heavy atom. The van der Waals surface area contributed by atoms with Crippen LogP contribution < -0.4 is 5.32 Å². The van der Waals surface area contributed by atoms with E-state index < -0.39 is 11.8 Å². The molecule has 3 rings (SSSR count). The number of hydrogen-bond donors (Lipinski definition) is 1. The van der Waals surface area contributed by atoms with Crippen LogP contribution in [0.5, 0.6) is 0 Å². The summed E-state index contributed by atoms with van der Waals surface area (Å²) < 4.78 is 10.8. The van der Waals surface area contributed by atoms with Crippen molar-refractivity contribution in [2.45, 2.75) is 31.8 Å². The van der Waals surface area contributed by atoms with Crippen LogP contribution in [0.4, 0.5) is 5.69 Å². The van der Waals surface area contributed by atoms with Gasteiger partial charge in [0, 0.05) is 30.9 Å². The molecule has 1 aromatic heterocycles. The number of rotatable bonds is 5. The third kappa shape index (κ3) is 5.01. The molecule has 148 valence electrons. The Hall–Kier alpha value is -2.15. The highest BCUT2D eigenvalue weighted by atomic mass is 35.5. The van der Waals surface area contributed by atoms with E-state index in [2.05, 4.69) is 10.3 Å². The van der Waals surface area contributed by atoms with Gasteiger partial charge in [-0.05, 0) is 24.6 Å². The van der Waals surface area contributed by atoms with Crippen LogP contribution >= 0.6 is 23.2 Å². The van der Waals surface area contributed by atoms with E-state index in [0.29, 0.717) is 18.9 Å². The fourth-order valence-electron chi connectivity index (χ4n) is 2.87. The molecule has 8 heteroatoms. The van der Waals surface area contributed by atoms with Gasteiger partial charge in [-0.2, -0.15) is 0 Å². The average Bonchev–Trinajstić information content (AvgIpc) is 2.68. The lowest BCUT2D eigenvalue weighted by atomic mass is 10.0. The lowest BCUT2D eigenvalue weighted by molar-refractivity contribution is -0.154. The summed E-state index contributed by atoms with van der Waals surface area (Å²) in [6.45, 7) is 3.03. The van der Waals surface area contributed by atoms with Crippen LogP contribution in [0.15, 0.2) is 36.7 Å². The Morgan fingerprint density at radius 3 is 2.36 bits per heavy atom. The van der Waals surface area contributed by atoms with Gasteiger partial charge in [0.1, 0.15) is 6.10 Å². The SMILES string of the molecule is CC(C(=O)OC1CCOCC1)c1ccc(NC(=O)c2c(Cl)cncc2Cl)cc1. The molecule has 1 aliphatic rings. The summed E-state index contributed by atoms with van der Waals surface area (Å²) in [7, 11) is 0. The molecule has 6 nitrogen and oxygen atoms in total. The molecule has 1 atom stereocenters. The van der Waals surface area contributed by atoms with Gasteiger partial charge in [-0.25, -0.2) is 0 Å². The van der Waals surface area contributed by atoms with Crippen molar-refractivity contribution >= 4 is 40.8 Å². The standard InChI is InChI=1S/C20H20Cl2N2O4/c1-12(20(26)28-15-6-8-27-9-7-15)13-2-4-14(5-3-13)24-19(25)18-16(21)10-23-11-17(18)22/h2-5,10-12,15H,6-9H2,1H3,(H,24,25). The summed E-state index contributed by atoms with van der Waals surface area (Å²) in [6.07, 6.45) is 4.08. The largest absolute Gasteiger partial charge is 0.462 e. The Morgan fingerprint density at radius 2 is 1.75 bits per heavy atom. The number of hydrogen-bond acceptors (Lipinski definition) is 5. The van der Waals surface area contributed by atoms with Crippen LogP contribution in [-0.4, -0.2) is 36.2 Å². The van der Waals surface area contributed by atoms with Crippen molar-refractivity contribution in [3.63, 3.8) is 0 Å². The van der Waals surface area contributed by atoms with Gasteiger partial charge in [0.25, 0.3) is 5.91 Å². The number of nitrogens with one attached hydrogen (secondary N) is 1. The van der Waals surface area contributed by atoms with Crippen molar-refractivity contribution < 1.29 is 19.1 Å². The molecular formula is C20H20Cl2N2O4. The second kappa shape index (κ2) is 9.37. The van der Waals surface area contributed by atoms with E-state index in [9.17, 15) is 9.59 Å². The third-order valence-corrected chi connectivity index (χ3v) is 5.13. The zero-order valence-corrected chi connectivity index (χ0v) is 16.8. The minimum absolute atomic E-state index is 0.0860. The number of carbonyl (C=O) groups is 2. The summed E-state index contributed by atoms with van der Waals surface area (Å²) in [6, 6.07) is 6.99. The fraction of sp³-hybridized carbons (Fsp3) is 0.350. The Labute approximate surface area is 173 Å². The van der Waals surface area contributed by atoms with Crippen molar-refractivity contribution in [1.29, 1.82) is 0 Å². The van der Waals surface area contributed by atoms with Crippen molar-refractivity contribution in [1.82, 2.24) is 4.98 Å². The normalized spacial score (nSPS) is 15.7. The smallest absolute Gasteiger partial charge is 0.313 e. The number of nitrogens with zero attached hydrogens (tertiary/aromatic N) is 1. The maximum Gasteiger partial charge on any atom is 0.313 e. The maximum atomic E-state index is 12.4. The van der Waals surface area contributed by atoms with Gasteiger partial charge in [0.15, 0.2) is 0 Å². The van der Waals surface area contributed by atoms with Crippen LogP contribution in [0, 0.1) is 0 Å². The summed E-state index contributed by atoms with van der Waals surface area (Å²) in [5.74, 6) is -1.10. The third-order valence-electron chi connectivity index (χ3n) is 4.55. The molecule has 0 spiro atoms. The van der Waals surface area contributed by atoms with Crippen molar-refractivity contribution in [3.05, 3.63) is 57.8 Å². The minimum Gasteiger partial charge on any atom is -0.462 e. The number of benzene rings is 1. The number of halogens is 2. The predicted octanol–water partition coefficient (Wildman–Crippen LogP) is 4.47. The summed E-state index contributed by atoms with van der Waals surface area (Å²) in [4.78, 5) is 28.6. The highest BCUT2D eigenvalue weighted by Gasteiger charge is 2.23. The van der Waals surface area contributed by atoms with Crippen LogP contribution in [0.25, 0.3) is 0 Å². The highest BCUT2D eigenvalue weighted by molar-refractivity contribution is 6.40. The Kier molecular flexibility index (Phi) is 6.88. The van der Waals surface area contributed by atoms with Crippen molar-refractivity contribution in [2.24, 2.45) is 0 Å². The van der Waals surface area contributed by atoms with E-state index in [1.807, 2.05) is 0 Å². The average molecular weight is 423 g/mol. The van der Waals surface area contributed by atoms with Crippen LogP contribution in [0.2, 0.25) is 10.0 Å². The number of pyridine rings is 1. The quantitative estimate of drug-likeness (QED) is 0.719. The molecule has 1 N–H and O–H groups in total. The molecule has 0 bridgehead atoms. The van der Waals surface area contributed by atoms with Gasteiger partial charge >= 0.3 is 5.97 Å². The van der Waals surface area contributed by atoms with Gasteiger partial charge in [-0.3, -0.25) is 14.6 Å². The lowest BCUT2D eigenvalue weighted by Gasteiger charge is -2.24. The molecule has 0 aliphatic carbocycles. The monoisotopic (exact) mass is 422 g/mol. The molecule has 1 aliphatic heterocycles. The minimum atomic E-state index is -0.433. The van der Waals surface area contributed by atoms with E-state index in [-0.39, 0.29) is 27.7 Å². The van der Waals surface area contributed by atoms with E-state index in [1.165, 1.54) is 12.4 Å². The molecule has 1 aromatic carbocycles. The summed E-state index contributed by atoms with van der Waals surface area (Å²) >= 11 is 12.0. The number of anilines is 1. The zero-order valence-electron chi connectivity index (χ0n) is 15.3. The van der Waals surface area contributed by atoms with E-state index in [1.54, 1.807) is 31.2 Å².